The van der Waals surface area contributed by atoms with Gasteiger partial charge in [-0.05, 0) is 62.0 Å². The summed E-state index contributed by atoms with van der Waals surface area (Å²) in [5.74, 6) is 0.974. The van der Waals surface area contributed by atoms with Crippen LogP contribution in [-0.4, -0.2) is 54.1 Å². The normalized spacial score (nSPS) is 24.2. The number of piperidine rings is 1. The zero-order chi connectivity index (χ0) is 17.7. The predicted octanol–water partition coefficient (Wildman–Crippen LogP) is 3.45. The number of pyridine rings is 1. The van der Waals surface area contributed by atoms with E-state index in [-0.39, 0.29) is 0 Å². The second kappa shape index (κ2) is 8.19. The highest BCUT2D eigenvalue weighted by Crippen LogP contribution is 2.39. The third-order valence-corrected chi connectivity index (χ3v) is 5.79. The van der Waals surface area contributed by atoms with Crippen LogP contribution in [0.4, 0.5) is 0 Å². The summed E-state index contributed by atoms with van der Waals surface area (Å²) >= 11 is 0. The van der Waals surface area contributed by atoms with Gasteiger partial charge in [0.15, 0.2) is 0 Å². The SMILES string of the molecule is c1ccc(OCCN2CCC[C@]3(CCN(Cc4ccccn4)C3)C2)cc1. The molecule has 0 amide bonds. The molecule has 3 heterocycles. The Labute approximate surface area is 156 Å². The van der Waals surface area contributed by atoms with Crippen molar-refractivity contribution in [2.75, 3.05) is 39.3 Å². The molecular weight excluding hydrogens is 322 g/mol. The van der Waals surface area contributed by atoms with Gasteiger partial charge in [-0.15, -0.1) is 0 Å². The average molecular weight is 351 g/mol. The van der Waals surface area contributed by atoms with E-state index < -0.39 is 0 Å². The Morgan fingerprint density at radius 1 is 0.923 bits per heavy atom. The highest BCUT2D eigenvalue weighted by atomic mass is 16.5. The Kier molecular flexibility index (Phi) is 5.51. The van der Waals surface area contributed by atoms with E-state index in [0.717, 1.165) is 25.4 Å². The molecule has 1 aromatic heterocycles. The molecule has 2 aromatic rings. The molecule has 0 saturated carbocycles. The van der Waals surface area contributed by atoms with E-state index in [1.165, 1.54) is 51.1 Å². The molecule has 2 aliphatic rings. The number of aromatic nitrogens is 1. The molecule has 4 nitrogen and oxygen atoms in total. The molecule has 2 fully saturated rings. The van der Waals surface area contributed by atoms with Crippen molar-refractivity contribution in [2.24, 2.45) is 5.41 Å². The third kappa shape index (κ3) is 4.43. The summed E-state index contributed by atoms with van der Waals surface area (Å²) in [7, 11) is 0. The third-order valence-electron chi connectivity index (χ3n) is 5.79. The van der Waals surface area contributed by atoms with Crippen molar-refractivity contribution in [2.45, 2.75) is 25.8 Å². The molecule has 1 aromatic carbocycles. The standard InChI is InChI=1S/C22H29N3O/c1-2-8-21(9-3-1)26-16-15-24-13-6-10-22(18-24)11-14-25(19-22)17-20-7-4-5-12-23-20/h1-5,7-9,12H,6,10-11,13-19H2/t22-/m0/s1. The van der Waals surface area contributed by atoms with Crippen molar-refractivity contribution < 1.29 is 4.74 Å². The van der Waals surface area contributed by atoms with E-state index in [1.54, 1.807) is 0 Å². The van der Waals surface area contributed by atoms with E-state index >= 15 is 0 Å². The summed E-state index contributed by atoms with van der Waals surface area (Å²) < 4.78 is 5.90. The summed E-state index contributed by atoms with van der Waals surface area (Å²) in [4.78, 5) is 9.69. The predicted molar refractivity (Wildman–Crippen MR) is 104 cm³/mol. The van der Waals surface area contributed by atoms with Crippen LogP contribution >= 0.6 is 0 Å². The van der Waals surface area contributed by atoms with Crippen molar-refractivity contribution >= 4 is 0 Å². The maximum absolute atomic E-state index is 5.90. The van der Waals surface area contributed by atoms with Crippen molar-refractivity contribution in [3.63, 3.8) is 0 Å². The van der Waals surface area contributed by atoms with Crippen molar-refractivity contribution in [3.05, 3.63) is 60.4 Å². The topological polar surface area (TPSA) is 28.6 Å². The van der Waals surface area contributed by atoms with Crippen LogP contribution < -0.4 is 4.74 Å². The summed E-state index contributed by atoms with van der Waals surface area (Å²) in [5, 5.41) is 0. The molecule has 0 bridgehead atoms. The number of likely N-dealkylation sites (tertiary alicyclic amines) is 2. The zero-order valence-electron chi connectivity index (χ0n) is 15.5. The average Bonchev–Trinajstić information content (AvgIpc) is 3.05. The van der Waals surface area contributed by atoms with Gasteiger partial charge >= 0.3 is 0 Å². The summed E-state index contributed by atoms with van der Waals surface area (Å²) in [6.07, 6.45) is 5.89. The molecule has 2 saturated heterocycles. The minimum atomic E-state index is 0.472. The monoisotopic (exact) mass is 351 g/mol. The zero-order valence-corrected chi connectivity index (χ0v) is 15.5. The first-order valence-electron chi connectivity index (χ1n) is 9.84. The van der Waals surface area contributed by atoms with Crippen LogP contribution in [0.2, 0.25) is 0 Å². The van der Waals surface area contributed by atoms with Gasteiger partial charge in [-0.3, -0.25) is 14.8 Å². The molecule has 0 N–H and O–H groups in total. The molecule has 1 spiro atoms. The summed E-state index contributed by atoms with van der Waals surface area (Å²) in [5.41, 5.74) is 1.66. The van der Waals surface area contributed by atoms with Gasteiger partial charge in [0.2, 0.25) is 0 Å². The highest BCUT2D eigenvalue weighted by molar-refractivity contribution is 5.20. The molecule has 138 valence electrons. The van der Waals surface area contributed by atoms with Crippen LogP contribution in [0, 0.1) is 5.41 Å². The lowest BCUT2D eigenvalue weighted by atomic mass is 9.79. The van der Waals surface area contributed by atoms with Crippen LogP contribution in [0.25, 0.3) is 0 Å². The second-order valence-corrected chi connectivity index (χ2v) is 7.82. The first kappa shape index (κ1) is 17.5. The number of hydrogen-bond donors (Lipinski definition) is 0. The number of ether oxygens (including phenoxy) is 1. The van der Waals surface area contributed by atoms with Crippen LogP contribution in [0.15, 0.2) is 54.7 Å². The number of hydrogen-bond acceptors (Lipinski definition) is 4. The van der Waals surface area contributed by atoms with E-state index in [4.69, 9.17) is 4.74 Å². The highest BCUT2D eigenvalue weighted by Gasteiger charge is 2.41. The summed E-state index contributed by atoms with van der Waals surface area (Å²) in [6, 6.07) is 16.4. The second-order valence-electron chi connectivity index (χ2n) is 7.82. The van der Waals surface area contributed by atoms with Crippen molar-refractivity contribution in [1.82, 2.24) is 14.8 Å². The van der Waals surface area contributed by atoms with E-state index in [0.29, 0.717) is 5.41 Å². The molecule has 26 heavy (non-hydrogen) atoms. The molecule has 1 atom stereocenters. The van der Waals surface area contributed by atoms with Gasteiger partial charge in [0.05, 0.1) is 5.69 Å². The lowest BCUT2D eigenvalue weighted by molar-refractivity contribution is 0.0803. The van der Waals surface area contributed by atoms with Crippen LogP contribution in [0.1, 0.15) is 25.0 Å². The maximum atomic E-state index is 5.90. The number of rotatable bonds is 6. The van der Waals surface area contributed by atoms with Gasteiger partial charge in [0, 0.05) is 32.4 Å². The maximum Gasteiger partial charge on any atom is 0.119 e. The molecule has 4 rings (SSSR count). The Morgan fingerprint density at radius 3 is 2.62 bits per heavy atom. The molecule has 0 unspecified atom stereocenters. The fraction of sp³-hybridized carbons (Fsp3) is 0.500. The minimum Gasteiger partial charge on any atom is -0.492 e. The largest absolute Gasteiger partial charge is 0.492 e. The van der Waals surface area contributed by atoms with Gasteiger partial charge < -0.3 is 4.74 Å². The fourth-order valence-electron chi connectivity index (χ4n) is 4.53. The molecular formula is C22H29N3O. The van der Waals surface area contributed by atoms with Crippen LogP contribution in [0.3, 0.4) is 0 Å². The van der Waals surface area contributed by atoms with Crippen LogP contribution in [0.5, 0.6) is 5.75 Å². The fourth-order valence-corrected chi connectivity index (χ4v) is 4.53. The van der Waals surface area contributed by atoms with Gasteiger partial charge in [0.1, 0.15) is 12.4 Å². The first-order valence-corrected chi connectivity index (χ1v) is 9.84. The van der Waals surface area contributed by atoms with Gasteiger partial charge in [-0.2, -0.15) is 0 Å². The van der Waals surface area contributed by atoms with E-state index in [1.807, 2.05) is 42.6 Å². The van der Waals surface area contributed by atoms with Gasteiger partial charge in [-0.25, -0.2) is 0 Å². The van der Waals surface area contributed by atoms with E-state index in [9.17, 15) is 0 Å². The molecule has 2 aliphatic heterocycles. The lowest BCUT2D eigenvalue weighted by Gasteiger charge is -2.40. The molecule has 0 radical (unpaired) electrons. The minimum absolute atomic E-state index is 0.472. The molecule has 4 heteroatoms. The first-order chi connectivity index (χ1) is 12.8. The lowest BCUT2D eigenvalue weighted by Crippen LogP contribution is -2.46. The Hall–Kier alpha value is -1.91. The van der Waals surface area contributed by atoms with Gasteiger partial charge in [0.25, 0.3) is 0 Å². The quantitative estimate of drug-likeness (QED) is 0.797. The Balaban J connectivity index is 1.26. The van der Waals surface area contributed by atoms with E-state index in [2.05, 4.69) is 26.9 Å². The van der Waals surface area contributed by atoms with Crippen molar-refractivity contribution in [1.29, 1.82) is 0 Å². The Morgan fingerprint density at radius 2 is 1.77 bits per heavy atom. The number of benzene rings is 1. The number of para-hydroxylation sites is 1. The van der Waals surface area contributed by atoms with Gasteiger partial charge in [-0.1, -0.05) is 24.3 Å². The number of nitrogens with zero attached hydrogens (tertiary/aromatic N) is 3. The smallest absolute Gasteiger partial charge is 0.119 e. The van der Waals surface area contributed by atoms with Crippen LogP contribution in [-0.2, 0) is 6.54 Å². The summed E-state index contributed by atoms with van der Waals surface area (Å²) in [6.45, 7) is 7.61. The molecule has 0 aliphatic carbocycles. The Bertz CT molecular complexity index is 678. The van der Waals surface area contributed by atoms with Crippen molar-refractivity contribution in [3.8, 4) is 5.75 Å².